The second-order valence-corrected chi connectivity index (χ2v) is 2.74. The Morgan fingerprint density at radius 3 is 2.69 bits per heavy atom. The number of hydrogen-bond donors (Lipinski definition) is 1. The number of rotatable bonds is 3. The quantitative estimate of drug-likeness (QED) is 0.834. The zero-order chi connectivity index (χ0) is 12.3. The van der Waals surface area contributed by atoms with Gasteiger partial charge in [-0.15, -0.1) is 0 Å². The van der Waals surface area contributed by atoms with Crippen molar-refractivity contribution >= 4 is 5.91 Å². The number of carbonyl (C=O) groups excluding carboxylic acids is 1. The zero-order valence-electron chi connectivity index (χ0n) is 8.20. The second-order valence-electron chi connectivity index (χ2n) is 2.74. The lowest BCUT2D eigenvalue weighted by molar-refractivity contribution is 0.0983. The molecule has 84 valence electrons. The van der Waals surface area contributed by atoms with Crippen molar-refractivity contribution in [3.05, 3.63) is 23.0 Å². The van der Waals surface area contributed by atoms with Crippen molar-refractivity contribution in [3.8, 4) is 11.8 Å². The maximum absolute atomic E-state index is 12.7. The third-order valence-electron chi connectivity index (χ3n) is 1.87. The number of hydrogen-bond acceptors (Lipinski definition) is 4. The van der Waals surface area contributed by atoms with E-state index in [4.69, 9.17) is 11.0 Å². The first kappa shape index (κ1) is 11.8. The Balaban J connectivity index is 3.58. The SMILES string of the molecule is COc1c(C#N)ncc(C(N)=O)c1C(F)F. The molecule has 1 heterocycles. The highest BCUT2D eigenvalue weighted by molar-refractivity contribution is 5.95. The number of amides is 1. The summed E-state index contributed by atoms with van der Waals surface area (Å²) in [5.74, 6) is -1.47. The van der Waals surface area contributed by atoms with Crippen LogP contribution in [0.1, 0.15) is 28.0 Å². The minimum atomic E-state index is -2.98. The summed E-state index contributed by atoms with van der Waals surface area (Å²) < 4.78 is 30.1. The maximum Gasteiger partial charge on any atom is 0.268 e. The van der Waals surface area contributed by atoms with Crippen LogP contribution in [0.3, 0.4) is 0 Å². The topological polar surface area (TPSA) is 89.0 Å². The largest absolute Gasteiger partial charge is 0.493 e. The summed E-state index contributed by atoms with van der Waals surface area (Å²) in [6, 6.07) is 1.59. The van der Waals surface area contributed by atoms with E-state index in [1.165, 1.54) is 0 Å². The van der Waals surface area contributed by atoms with Gasteiger partial charge in [0.15, 0.2) is 11.4 Å². The first-order valence-corrected chi connectivity index (χ1v) is 4.07. The molecule has 0 radical (unpaired) electrons. The van der Waals surface area contributed by atoms with E-state index in [0.29, 0.717) is 0 Å². The number of halogens is 2. The molecule has 0 aromatic carbocycles. The van der Waals surface area contributed by atoms with Gasteiger partial charge in [-0.2, -0.15) is 5.26 Å². The highest BCUT2D eigenvalue weighted by atomic mass is 19.3. The number of nitrogens with zero attached hydrogens (tertiary/aromatic N) is 2. The minimum Gasteiger partial charge on any atom is -0.493 e. The van der Waals surface area contributed by atoms with Gasteiger partial charge in [0.1, 0.15) is 6.07 Å². The Kier molecular flexibility index (Phi) is 3.35. The lowest BCUT2D eigenvalue weighted by Gasteiger charge is -2.11. The third kappa shape index (κ3) is 1.91. The second kappa shape index (κ2) is 4.53. The Morgan fingerprint density at radius 2 is 2.31 bits per heavy atom. The molecule has 0 aliphatic carbocycles. The van der Waals surface area contributed by atoms with E-state index in [9.17, 15) is 13.6 Å². The Hall–Kier alpha value is -2.23. The summed E-state index contributed by atoms with van der Waals surface area (Å²) in [6.07, 6.45) is -2.14. The van der Waals surface area contributed by atoms with E-state index in [2.05, 4.69) is 9.72 Å². The molecule has 16 heavy (non-hydrogen) atoms. The predicted molar refractivity (Wildman–Crippen MR) is 49.0 cm³/mol. The number of ether oxygens (including phenoxy) is 1. The summed E-state index contributed by atoms with van der Waals surface area (Å²) in [4.78, 5) is 14.4. The molecule has 7 heteroatoms. The summed E-state index contributed by atoms with van der Waals surface area (Å²) >= 11 is 0. The van der Waals surface area contributed by atoms with Gasteiger partial charge in [0, 0.05) is 6.20 Å². The van der Waals surface area contributed by atoms with Crippen LogP contribution in [0.25, 0.3) is 0 Å². The molecule has 0 saturated heterocycles. The lowest BCUT2D eigenvalue weighted by Crippen LogP contribution is -2.16. The first-order valence-electron chi connectivity index (χ1n) is 4.07. The van der Waals surface area contributed by atoms with Gasteiger partial charge in [0.2, 0.25) is 0 Å². The van der Waals surface area contributed by atoms with Crippen LogP contribution in [0, 0.1) is 11.3 Å². The van der Waals surface area contributed by atoms with Crippen LogP contribution in [0.5, 0.6) is 5.75 Å². The number of nitriles is 1. The predicted octanol–water partition coefficient (Wildman–Crippen LogP) is 0.998. The van der Waals surface area contributed by atoms with Crippen LogP contribution in [-0.2, 0) is 0 Å². The molecule has 0 unspecified atom stereocenters. The van der Waals surface area contributed by atoms with E-state index in [-0.39, 0.29) is 5.69 Å². The highest BCUT2D eigenvalue weighted by Crippen LogP contribution is 2.33. The smallest absolute Gasteiger partial charge is 0.268 e. The summed E-state index contributed by atoms with van der Waals surface area (Å²) in [5, 5.41) is 8.63. The highest BCUT2D eigenvalue weighted by Gasteiger charge is 2.25. The fraction of sp³-hybridized carbons (Fsp3) is 0.222. The number of carbonyl (C=O) groups is 1. The monoisotopic (exact) mass is 227 g/mol. The van der Waals surface area contributed by atoms with Gasteiger partial charge in [-0.3, -0.25) is 4.79 Å². The van der Waals surface area contributed by atoms with Crippen LogP contribution in [-0.4, -0.2) is 18.0 Å². The lowest BCUT2D eigenvalue weighted by atomic mass is 10.1. The van der Waals surface area contributed by atoms with E-state index < -0.39 is 29.2 Å². The maximum atomic E-state index is 12.7. The average Bonchev–Trinajstić information content (AvgIpc) is 2.26. The van der Waals surface area contributed by atoms with Crippen LogP contribution in [0.2, 0.25) is 0 Å². The van der Waals surface area contributed by atoms with Gasteiger partial charge in [0.05, 0.1) is 18.2 Å². The van der Waals surface area contributed by atoms with Crippen molar-refractivity contribution in [2.75, 3.05) is 7.11 Å². The molecule has 2 N–H and O–H groups in total. The molecule has 1 amide bonds. The molecule has 0 spiro atoms. The Bertz CT molecular complexity index is 469. The molecule has 0 bridgehead atoms. The van der Waals surface area contributed by atoms with Crippen molar-refractivity contribution in [3.63, 3.8) is 0 Å². The van der Waals surface area contributed by atoms with Gasteiger partial charge in [-0.05, 0) is 0 Å². The molecule has 5 nitrogen and oxygen atoms in total. The number of pyridine rings is 1. The van der Waals surface area contributed by atoms with Crippen molar-refractivity contribution < 1.29 is 18.3 Å². The van der Waals surface area contributed by atoms with Gasteiger partial charge in [-0.1, -0.05) is 0 Å². The average molecular weight is 227 g/mol. The molecule has 0 atom stereocenters. The van der Waals surface area contributed by atoms with Crippen LogP contribution in [0.4, 0.5) is 8.78 Å². The van der Waals surface area contributed by atoms with Crippen molar-refractivity contribution in [1.82, 2.24) is 4.98 Å². The molecule has 1 rings (SSSR count). The minimum absolute atomic E-state index is 0.317. The molecule has 0 aliphatic heterocycles. The Labute approximate surface area is 89.4 Å². The van der Waals surface area contributed by atoms with Gasteiger partial charge in [0.25, 0.3) is 12.3 Å². The van der Waals surface area contributed by atoms with Crippen molar-refractivity contribution in [2.24, 2.45) is 5.73 Å². The summed E-state index contributed by atoms with van der Waals surface area (Å²) in [5.41, 5.74) is 3.44. The van der Waals surface area contributed by atoms with Crippen molar-refractivity contribution in [2.45, 2.75) is 6.43 Å². The zero-order valence-corrected chi connectivity index (χ0v) is 8.20. The van der Waals surface area contributed by atoms with Crippen LogP contribution >= 0.6 is 0 Å². The summed E-state index contributed by atoms with van der Waals surface area (Å²) in [6.45, 7) is 0. The van der Waals surface area contributed by atoms with Gasteiger partial charge in [-0.25, -0.2) is 13.8 Å². The molecule has 0 aliphatic rings. The van der Waals surface area contributed by atoms with E-state index in [1.807, 2.05) is 0 Å². The molecule has 0 saturated carbocycles. The molecule has 0 fully saturated rings. The fourth-order valence-electron chi connectivity index (χ4n) is 1.21. The molecule has 1 aromatic rings. The fourth-order valence-corrected chi connectivity index (χ4v) is 1.21. The number of methoxy groups -OCH3 is 1. The molecule has 1 aromatic heterocycles. The third-order valence-corrected chi connectivity index (χ3v) is 1.87. The first-order chi connectivity index (χ1) is 7.52. The molecular weight excluding hydrogens is 220 g/mol. The van der Waals surface area contributed by atoms with Crippen LogP contribution in [0.15, 0.2) is 6.20 Å². The summed E-state index contributed by atoms with van der Waals surface area (Å²) in [7, 11) is 1.11. The van der Waals surface area contributed by atoms with E-state index in [0.717, 1.165) is 13.3 Å². The van der Waals surface area contributed by atoms with Gasteiger partial charge < -0.3 is 10.5 Å². The van der Waals surface area contributed by atoms with Crippen LogP contribution < -0.4 is 10.5 Å². The Morgan fingerprint density at radius 1 is 1.69 bits per heavy atom. The standard InChI is InChI=1S/C9H7F2N3O2/c1-16-7-5(2-12)14-3-4(9(13)15)6(7)8(10)11/h3,8H,1H3,(H2,13,15). The van der Waals surface area contributed by atoms with Gasteiger partial charge >= 0.3 is 0 Å². The molecular formula is C9H7F2N3O2. The number of primary amides is 1. The van der Waals surface area contributed by atoms with E-state index >= 15 is 0 Å². The number of nitrogens with two attached hydrogens (primary N) is 1. The number of alkyl halides is 2. The van der Waals surface area contributed by atoms with Crippen molar-refractivity contribution in [1.29, 1.82) is 5.26 Å². The normalized spacial score (nSPS) is 9.94. The number of aromatic nitrogens is 1. The van der Waals surface area contributed by atoms with E-state index in [1.54, 1.807) is 6.07 Å².